The molecule has 2 aromatic rings. The molecule has 0 amide bonds. The molecule has 0 saturated heterocycles. The number of anilines is 1. The van der Waals surface area contributed by atoms with Gasteiger partial charge in [-0.05, 0) is 27.7 Å². The van der Waals surface area contributed by atoms with Gasteiger partial charge in [0.1, 0.15) is 4.90 Å². The van der Waals surface area contributed by atoms with Gasteiger partial charge in [0.05, 0.1) is 17.1 Å². The Morgan fingerprint density at radius 2 is 1.60 bits per heavy atom. The van der Waals surface area contributed by atoms with Crippen LogP contribution in [0.15, 0.2) is 17.3 Å². The van der Waals surface area contributed by atoms with E-state index < -0.39 is 10.0 Å². The van der Waals surface area contributed by atoms with E-state index in [9.17, 15) is 8.42 Å². The lowest BCUT2D eigenvalue weighted by atomic mass is 10.4. The summed E-state index contributed by atoms with van der Waals surface area (Å²) < 4.78 is 30.7. The second kappa shape index (κ2) is 5.28. The van der Waals surface area contributed by atoms with Crippen LogP contribution in [0.5, 0.6) is 0 Å². The van der Waals surface area contributed by atoms with Gasteiger partial charge < -0.3 is 0 Å². The number of hydrogen-bond donors (Lipinski definition) is 1. The average molecular weight is 297 g/mol. The number of aromatic nitrogens is 4. The Kier molecular flexibility index (Phi) is 3.85. The minimum absolute atomic E-state index is 0.197. The summed E-state index contributed by atoms with van der Waals surface area (Å²) in [6.45, 7) is 8.62. The fraction of sp³-hybridized carbons (Fsp3) is 0.500. The molecule has 2 rings (SSSR count). The smallest absolute Gasteiger partial charge is 0.265 e. The Bertz CT molecular complexity index is 714. The molecular weight excluding hydrogens is 278 g/mol. The summed E-state index contributed by atoms with van der Waals surface area (Å²) in [6, 6.07) is 0. The van der Waals surface area contributed by atoms with Gasteiger partial charge in [0.25, 0.3) is 10.0 Å². The van der Waals surface area contributed by atoms with Gasteiger partial charge in [-0.3, -0.25) is 14.1 Å². The molecule has 0 aliphatic rings. The fourth-order valence-corrected chi connectivity index (χ4v) is 3.20. The minimum Gasteiger partial charge on any atom is -0.276 e. The Morgan fingerprint density at radius 1 is 1.05 bits per heavy atom. The normalized spacial score (nSPS) is 11.8. The van der Waals surface area contributed by atoms with E-state index in [2.05, 4.69) is 14.9 Å². The summed E-state index contributed by atoms with van der Waals surface area (Å²) in [4.78, 5) is 0.197. The van der Waals surface area contributed by atoms with Gasteiger partial charge in [0.2, 0.25) is 0 Å². The maximum atomic E-state index is 12.4. The number of hydrogen-bond acceptors (Lipinski definition) is 4. The first kappa shape index (κ1) is 14.6. The van der Waals surface area contributed by atoms with Crippen molar-refractivity contribution in [3.63, 3.8) is 0 Å². The molecule has 7 nitrogen and oxygen atoms in total. The summed E-state index contributed by atoms with van der Waals surface area (Å²) >= 11 is 0. The topological polar surface area (TPSA) is 81.8 Å². The van der Waals surface area contributed by atoms with Crippen molar-refractivity contribution in [2.45, 2.75) is 45.7 Å². The highest BCUT2D eigenvalue weighted by Gasteiger charge is 2.21. The fourth-order valence-electron chi connectivity index (χ4n) is 1.91. The molecular formula is C12H19N5O2S. The van der Waals surface area contributed by atoms with Crippen molar-refractivity contribution in [2.75, 3.05) is 4.72 Å². The Balaban J connectivity index is 2.35. The maximum Gasteiger partial charge on any atom is 0.265 e. The SMILES string of the molecule is CCn1cc(NS(=O)(=O)c2cn(CC)nc2C)c(C)n1. The van der Waals surface area contributed by atoms with E-state index in [0.717, 1.165) is 0 Å². The zero-order valence-electron chi connectivity index (χ0n) is 12.1. The number of nitrogens with zero attached hydrogens (tertiary/aromatic N) is 4. The molecule has 0 spiro atoms. The molecule has 0 saturated carbocycles. The largest absolute Gasteiger partial charge is 0.276 e. The molecule has 0 atom stereocenters. The molecule has 110 valence electrons. The highest BCUT2D eigenvalue weighted by molar-refractivity contribution is 7.92. The average Bonchev–Trinajstić information content (AvgIpc) is 2.93. The third-order valence-corrected chi connectivity index (χ3v) is 4.50. The van der Waals surface area contributed by atoms with Crippen LogP contribution in [-0.2, 0) is 23.1 Å². The molecule has 2 aromatic heterocycles. The maximum absolute atomic E-state index is 12.4. The van der Waals surface area contributed by atoms with Crippen molar-refractivity contribution >= 4 is 15.7 Å². The van der Waals surface area contributed by atoms with Crippen LogP contribution in [0.3, 0.4) is 0 Å². The Hall–Kier alpha value is -1.83. The molecule has 8 heteroatoms. The Morgan fingerprint density at radius 3 is 2.10 bits per heavy atom. The third-order valence-electron chi connectivity index (χ3n) is 3.03. The van der Waals surface area contributed by atoms with Gasteiger partial charge in [-0.2, -0.15) is 10.2 Å². The Labute approximate surface area is 118 Å². The van der Waals surface area contributed by atoms with E-state index >= 15 is 0 Å². The molecule has 0 aliphatic heterocycles. The molecule has 2 heterocycles. The zero-order valence-corrected chi connectivity index (χ0v) is 12.9. The lowest BCUT2D eigenvalue weighted by Gasteiger charge is -2.05. The van der Waals surface area contributed by atoms with Crippen LogP contribution in [0.2, 0.25) is 0 Å². The minimum atomic E-state index is -3.64. The second-order valence-corrected chi connectivity index (χ2v) is 6.17. The molecule has 20 heavy (non-hydrogen) atoms. The quantitative estimate of drug-likeness (QED) is 0.907. The van der Waals surface area contributed by atoms with Crippen molar-refractivity contribution in [3.8, 4) is 0 Å². The number of sulfonamides is 1. The molecule has 0 aromatic carbocycles. The van der Waals surface area contributed by atoms with Crippen molar-refractivity contribution in [2.24, 2.45) is 0 Å². The van der Waals surface area contributed by atoms with Crippen molar-refractivity contribution < 1.29 is 8.42 Å². The number of aryl methyl sites for hydroxylation is 4. The van der Waals surface area contributed by atoms with Gasteiger partial charge in [0.15, 0.2) is 0 Å². The first-order chi connectivity index (χ1) is 9.37. The van der Waals surface area contributed by atoms with Crippen molar-refractivity contribution in [1.82, 2.24) is 19.6 Å². The van der Waals surface area contributed by atoms with Gasteiger partial charge in [0, 0.05) is 25.5 Å². The molecule has 0 radical (unpaired) electrons. The van der Waals surface area contributed by atoms with Gasteiger partial charge in [-0.1, -0.05) is 0 Å². The van der Waals surface area contributed by atoms with Gasteiger partial charge >= 0.3 is 0 Å². The first-order valence-corrected chi connectivity index (χ1v) is 7.96. The summed E-state index contributed by atoms with van der Waals surface area (Å²) in [5.41, 5.74) is 1.63. The molecule has 0 bridgehead atoms. The first-order valence-electron chi connectivity index (χ1n) is 6.48. The van der Waals surface area contributed by atoms with E-state index in [1.807, 2.05) is 13.8 Å². The van der Waals surface area contributed by atoms with Crippen LogP contribution >= 0.6 is 0 Å². The van der Waals surface area contributed by atoms with Crippen LogP contribution in [0, 0.1) is 13.8 Å². The van der Waals surface area contributed by atoms with Crippen molar-refractivity contribution in [1.29, 1.82) is 0 Å². The zero-order chi connectivity index (χ0) is 14.9. The van der Waals surface area contributed by atoms with E-state index in [4.69, 9.17) is 0 Å². The molecule has 1 N–H and O–H groups in total. The number of nitrogens with one attached hydrogen (secondary N) is 1. The van der Waals surface area contributed by atoms with Crippen molar-refractivity contribution in [3.05, 3.63) is 23.8 Å². The van der Waals surface area contributed by atoms with E-state index in [-0.39, 0.29) is 4.90 Å². The number of rotatable bonds is 5. The van der Waals surface area contributed by atoms with E-state index in [1.165, 1.54) is 6.20 Å². The van der Waals surface area contributed by atoms with Crippen LogP contribution in [-0.4, -0.2) is 28.0 Å². The highest BCUT2D eigenvalue weighted by atomic mass is 32.2. The standard InChI is InChI=1S/C12H19N5O2S/c1-5-16-7-11(9(3)13-16)15-20(18,19)12-8-17(6-2)14-10(12)4/h7-8,15H,5-6H2,1-4H3. The van der Waals surface area contributed by atoms with Gasteiger partial charge in [-0.15, -0.1) is 0 Å². The van der Waals surface area contributed by atoms with Crippen LogP contribution in [0.4, 0.5) is 5.69 Å². The molecule has 0 unspecified atom stereocenters. The lowest BCUT2D eigenvalue weighted by Crippen LogP contribution is -2.13. The monoisotopic (exact) mass is 297 g/mol. The summed E-state index contributed by atoms with van der Waals surface area (Å²) in [7, 11) is -3.64. The van der Waals surface area contributed by atoms with E-state index in [1.54, 1.807) is 29.4 Å². The summed E-state index contributed by atoms with van der Waals surface area (Å²) in [5.74, 6) is 0. The predicted molar refractivity (Wildman–Crippen MR) is 76.1 cm³/mol. The summed E-state index contributed by atoms with van der Waals surface area (Å²) in [6.07, 6.45) is 3.23. The van der Waals surface area contributed by atoms with Crippen LogP contribution in [0.25, 0.3) is 0 Å². The summed E-state index contributed by atoms with van der Waals surface area (Å²) in [5, 5.41) is 8.38. The third kappa shape index (κ3) is 2.69. The molecule has 0 aliphatic carbocycles. The van der Waals surface area contributed by atoms with Crippen LogP contribution in [0.1, 0.15) is 25.2 Å². The highest BCUT2D eigenvalue weighted by Crippen LogP contribution is 2.20. The predicted octanol–water partition coefficient (Wildman–Crippen LogP) is 1.54. The van der Waals surface area contributed by atoms with E-state index in [0.29, 0.717) is 30.2 Å². The van der Waals surface area contributed by atoms with Crippen LogP contribution < -0.4 is 4.72 Å². The van der Waals surface area contributed by atoms with Gasteiger partial charge in [-0.25, -0.2) is 8.42 Å². The molecule has 0 fully saturated rings. The second-order valence-electron chi connectivity index (χ2n) is 4.52. The lowest BCUT2D eigenvalue weighted by molar-refractivity contribution is 0.600.